The van der Waals surface area contributed by atoms with Crippen LogP contribution in [0.15, 0.2) is 0 Å². The molecule has 0 spiro atoms. The van der Waals surface area contributed by atoms with E-state index < -0.39 is 0 Å². The summed E-state index contributed by atoms with van der Waals surface area (Å²) in [6, 6.07) is 0.332. The molecule has 17 heavy (non-hydrogen) atoms. The lowest BCUT2D eigenvalue weighted by atomic mass is 9.92. The Balaban J connectivity index is 4.40. The molecular formula is C14H30N2O. The lowest BCUT2D eigenvalue weighted by Gasteiger charge is -2.31. The average Bonchev–Trinajstić information content (AvgIpc) is 2.34. The molecule has 0 aromatic rings. The van der Waals surface area contributed by atoms with Gasteiger partial charge in [-0.15, -0.1) is 0 Å². The molecule has 0 aromatic carbocycles. The molecule has 3 nitrogen and oxygen atoms in total. The maximum Gasteiger partial charge on any atom is 0.207 e. The normalized spacial score (nSPS) is 14.6. The lowest BCUT2D eigenvalue weighted by Crippen LogP contribution is -2.42. The van der Waals surface area contributed by atoms with Gasteiger partial charge in [-0.3, -0.25) is 4.79 Å². The zero-order valence-corrected chi connectivity index (χ0v) is 12.0. The molecule has 1 unspecified atom stereocenters. The topological polar surface area (TPSA) is 32.3 Å². The highest BCUT2D eigenvalue weighted by molar-refractivity contribution is 5.46. The first-order valence-corrected chi connectivity index (χ1v) is 7.15. The van der Waals surface area contributed by atoms with Crippen LogP contribution in [0.2, 0.25) is 0 Å². The third-order valence-corrected chi connectivity index (χ3v) is 3.43. The summed E-state index contributed by atoms with van der Waals surface area (Å²) in [4.78, 5) is 13.1. The molecule has 1 amide bonds. The Morgan fingerprint density at radius 1 is 1.18 bits per heavy atom. The Labute approximate surface area is 107 Å². The summed E-state index contributed by atoms with van der Waals surface area (Å²) in [6.45, 7) is 12.2. The molecule has 102 valence electrons. The van der Waals surface area contributed by atoms with E-state index in [1.54, 1.807) is 0 Å². The van der Waals surface area contributed by atoms with Crippen molar-refractivity contribution in [1.82, 2.24) is 10.2 Å². The van der Waals surface area contributed by atoms with Crippen LogP contribution in [0.4, 0.5) is 0 Å². The summed E-state index contributed by atoms with van der Waals surface area (Å²) in [5.41, 5.74) is 0. The second kappa shape index (κ2) is 10.6. The molecule has 0 saturated heterocycles. The SMILES string of the molecule is CCC[C@@H](CN(CC)CCC)C(CC)NC=O. The van der Waals surface area contributed by atoms with Gasteiger partial charge in [0.25, 0.3) is 0 Å². The molecule has 0 aliphatic carbocycles. The fourth-order valence-electron chi connectivity index (χ4n) is 2.49. The number of nitrogens with zero attached hydrogens (tertiary/aromatic N) is 1. The summed E-state index contributed by atoms with van der Waals surface area (Å²) in [6.07, 6.45) is 5.45. The Hall–Kier alpha value is -0.570. The monoisotopic (exact) mass is 242 g/mol. The van der Waals surface area contributed by atoms with E-state index in [2.05, 4.69) is 37.9 Å². The fraction of sp³-hybridized carbons (Fsp3) is 0.929. The van der Waals surface area contributed by atoms with Gasteiger partial charge in [0, 0.05) is 12.6 Å². The van der Waals surface area contributed by atoms with Gasteiger partial charge < -0.3 is 10.2 Å². The van der Waals surface area contributed by atoms with E-state index in [4.69, 9.17) is 0 Å². The Kier molecular flexibility index (Phi) is 10.2. The Morgan fingerprint density at radius 2 is 1.88 bits per heavy atom. The van der Waals surface area contributed by atoms with Crippen molar-refractivity contribution in [2.45, 2.75) is 59.4 Å². The molecule has 1 N–H and O–H groups in total. The van der Waals surface area contributed by atoms with Gasteiger partial charge in [0.2, 0.25) is 6.41 Å². The van der Waals surface area contributed by atoms with Gasteiger partial charge in [-0.05, 0) is 38.3 Å². The zero-order valence-electron chi connectivity index (χ0n) is 12.0. The van der Waals surface area contributed by atoms with Crippen LogP contribution in [0.1, 0.15) is 53.4 Å². The molecule has 0 heterocycles. The molecule has 0 aliphatic rings. The van der Waals surface area contributed by atoms with Gasteiger partial charge in [-0.1, -0.05) is 34.1 Å². The number of amides is 1. The van der Waals surface area contributed by atoms with Crippen LogP contribution in [0, 0.1) is 5.92 Å². The number of carbonyl (C=O) groups excluding carboxylic acids is 1. The van der Waals surface area contributed by atoms with Crippen LogP contribution in [-0.4, -0.2) is 37.0 Å². The summed E-state index contributed by atoms with van der Waals surface area (Å²) < 4.78 is 0. The van der Waals surface area contributed by atoms with Gasteiger partial charge in [0.15, 0.2) is 0 Å². The number of hydrogen-bond donors (Lipinski definition) is 1. The second-order valence-corrected chi connectivity index (χ2v) is 4.74. The fourth-order valence-corrected chi connectivity index (χ4v) is 2.49. The van der Waals surface area contributed by atoms with Crippen molar-refractivity contribution in [2.75, 3.05) is 19.6 Å². The average molecular weight is 242 g/mol. The van der Waals surface area contributed by atoms with Gasteiger partial charge >= 0.3 is 0 Å². The minimum Gasteiger partial charge on any atom is -0.356 e. The molecule has 0 radical (unpaired) electrons. The number of rotatable bonds is 11. The van der Waals surface area contributed by atoms with Gasteiger partial charge in [-0.25, -0.2) is 0 Å². The molecular weight excluding hydrogens is 212 g/mol. The summed E-state index contributed by atoms with van der Waals surface area (Å²) >= 11 is 0. The summed E-state index contributed by atoms with van der Waals surface area (Å²) in [5, 5.41) is 2.98. The molecule has 0 aromatic heterocycles. The predicted octanol–water partition coefficient (Wildman–Crippen LogP) is 2.66. The minimum atomic E-state index is 0.332. The molecule has 0 aliphatic heterocycles. The standard InChI is InChI=1S/C14H30N2O/c1-5-9-13(14(7-3)15-12-17)11-16(8-4)10-6-2/h12-14H,5-11H2,1-4H3,(H,15,17)/t13-,14?/m0/s1. The van der Waals surface area contributed by atoms with Crippen LogP contribution in [-0.2, 0) is 4.79 Å². The maximum absolute atomic E-state index is 10.6. The quantitative estimate of drug-likeness (QED) is 0.565. The van der Waals surface area contributed by atoms with Crippen molar-refractivity contribution in [3.8, 4) is 0 Å². The highest BCUT2D eigenvalue weighted by atomic mass is 16.1. The minimum absolute atomic E-state index is 0.332. The first-order valence-electron chi connectivity index (χ1n) is 7.15. The van der Waals surface area contributed by atoms with Gasteiger partial charge in [0.05, 0.1) is 0 Å². The maximum atomic E-state index is 10.6. The number of hydrogen-bond acceptors (Lipinski definition) is 2. The van der Waals surface area contributed by atoms with Crippen molar-refractivity contribution in [2.24, 2.45) is 5.92 Å². The summed E-state index contributed by atoms with van der Waals surface area (Å²) in [5.74, 6) is 0.585. The predicted molar refractivity (Wildman–Crippen MR) is 74.1 cm³/mol. The van der Waals surface area contributed by atoms with E-state index in [1.165, 1.54) is 19.3 Å². The van der Waals surface area contributed by atoms with E-state index in [0.717, 1.165) is 32.5 Å². The van der Waals surface area contributed by atoms with Gasteiger partial charge in [-0.2, -0.15) is 0 Å². The summed E-state index contributed by atoms with van der Waals surface area (Å²) in [7, 11) is 0. The molecule has 3 heteroatoms. The van der Waals surface area contributed by atoms with E-state index in [-0.39, 0.29) is 0 Å². The smallest absolute Gasteiger partial charge is 0.207 e. The first-order chi connectivity index (χ1) is 8.23. The van der Waals surface area contributed by atoms with Crippen LogP contribution in [0.3, 0.4) is 0 Å². The second-order valence-electron chi connectivity index (χ2n) is 4.74. The third kappa shape index (κ3) is 6.67. The molecule has 2 atom stereocenters. The van der Waals surface area contributed by atoms with Crippen LogP contribution >= 0.6 is 0 Å². The molecule has 0 rings (SSSR count). The van der Waals surface area contributed by atoms with Gasteiger partial charge in [0.1, 0.15) is 0 Å². The molecule has 0 fully saturated rings. The van der Waals surface area contributed by atoms with Crippen LogP contribution in [0.5, 0.6) is 0 Å². The Morgan fingerprint density at radius 3 is 2.29 bits per heavy atom. The van der Waals surface area contributed by atoms with Crippen LogP contribution < -0.4 is 5.32 Å². The third-order valence-electron chi connectivity index (χ3n) is 3.43. The highest BCUT2D eigenvalue weighted by Crippen LogP contribution is 2.16. The van der Waals surface area contributed by atoms with Crippen LogP contribution in [0.25, 0.3) is 0 Å². The highest BCUT2D eigenvalue weighted by Gasteiger charge is 2.20. The van der Waals surface area contributed by atoms with E-state index in [1.807, 2.05) is 0 Å². The number of carbonyl (C=O) groups is 1. The van der Waals surface area contributed by atoms with Crippen molar-refractivity contribution in [3.63, 3.8) is 0 Å². The Bertz CT molecular complexity index is 185. The van der Waals surface area contributed by atoms with E-state index in [9.17, 15) is 4.79 Å². The van der Waals surface area contributed by atoms with Crippen molar-refractivity contribution >= 4 is 6.41 Å². The molecule has 0 bridgehead atoms. The first kappa shape index (κ1) is 16.4. The number of nitrogens with one attached hydrogen (secondary N) is 1. The van der Waals surface area contributed by atoms with Crippen molar-refractivity contribution < 1.29 is 4.79 Å². The van der Waals surface area contributed by atoms with E-state index in [0.29, 0.717) is 12.0 Å². The van der Waals surface area contributed by atoms with E-state index >= 15 is 0 Å². The van der Waals surface area contributed by atoms with Crippen molar-refractivity contribution in [1.29, 1.82) is 0 Å². The molecule has 0 saturated carbocycles. The van der Waals surface area contributed by atoms with Crippen molar-refractivity contribution in [3.05, 3.63) is 0 Å². The zero-order chi connectivity index (χ0) is 13.1. The lowest BCUT2D eigenvalue weighted by molar-refractivity contribution is -0.110. The largest absolute Gasteiger partial charge is 0.356 e.